The third-order valence-corrected chi connectivity index (χ3v) is 4.64. The molecule has 0 N–H and O–H groups in total. The van der Waals surface area contributed by atoms with Crippen molar-refractivity contribution < 1.29 is 9.31 Å². The monoisotopic (exact) mass is 333 g/mol. The Balaban J connectivity index is 2.15. The van der Waals surface area contributed by atoms with Gasteiger partial charge in [0.2, 0.25) is 5.95 Å². The predicted octanol–water partition coefficient (Wildman–Crippen LogP) is 2.89. The first-order chi connectivity index (χ1) is 11.0. The second kappa shape index (κ2) is 7.00. The molecule has 1 saturated heterocycles. The minimum absolute atomic E-state index is 0.350. The molecule has 134 valence electrons. The Bertz CT molecular complexity index is 497. The van der Waals surface area contributed by atoms with Crippen molar-refractivity contribution in [2.24, 2.45) is 11.8 Å². The summed E-state index contributed by atoms with van der Waals surface area (Å²) in [6.45, 7) is 19.0. The SMILES string of the molecule is CC(C)CN(CC(C)C)c1ncc(B2OC(C)(C)C(C)(C)O2)cn1. The van der Waals surface area contributed by atoms with Crippen LogP contribution >= 0.6 is 0 Å². The number of anilines is 1. The topological polar surface area (TPSA) is 47.5 Å². The number of nitrogens with zero attached hydrogens (tertiary/aromatic N) is 3. The van der Waals surface area contributed by atoms with Crippen LogP contribution in [0.4, 0.5) is 5.95 Å². The molecule has 0 aromatic carbocycles. The summed E-state index contributed by atoms with van der Waals surface area (Å²) in [7, 11) is -0.410. The summed E-state index contributed by atoms with van der Waals surface area (Å²) in [5.41, 5.74) is 0.168. The lowest BCUT2D eigenvalue weighted by molar-refractivity contribution is 0.00578. The lowest BCUT2D eigenvalue weighted by Gasteiger charge is -2.32. The van der Waals surface area contributed by atoms with Gasteiger partial charge in [0.05, 0.1) is 11.2 Å². The highest BCUT2D eigenvalue weighted by molar-refractivity contribution is 6.61. The molecular weight excluding hydrogens is 301 g/mol. The molecule has 0 saturated carbocycles. The number of rotatable bonds is 6. The molecule has 2 heterocycles. The molecule has 1 fully saturated rings. The van der Waals surface area contributed by atoms with Crippen molar-refractivity contribution in [3.05, 3.63) is 12.4 Å². The van der Waals surface area contributed by atoms with Crippen molar-refractivity contribution in [2.75, 3.05) is 18.0 Å². The zero-order chi connectivity index (χ0) is 18.1. The molecule has 0 aliphatic carbocycles. The molecular formula is C18H32BN3O2. The first-order valence-corrected chi connectivity index (χ1v) is 8.94. The van der Waals surface area contributed by atoms with E-state index in [0.717, 1.165) is 24.5 Å². The van der Waals surface area contributed by atoms with Crippen LogP contribution in [0.1, 0.15) is 55.4 Å². The average Bonchev–Trinajstić information content (AvgIpc) is 2.66. The lowest BCUT2D eigenvalue weighted by atomic mass is 9.81. The van der Waals surface area contributed by atoms with Gasteiger partial charge in [-0.05, 0) is 39.5 Å². The van der Waals surface area contributed by atoms with Gasteiger partial charge in [-0.3, -0.25) is 0 Å². The van der Waals surface area contributed by atoms with E-state index in [-0.39, 0.29) is 11.2 Å². The van der Waals surface area contributed by atoms with E-state index in [1.807, 2.05) is 12.4 Å². The van der Waals surface area contributed by atoms with Crippen molar-refractivity contribution in [1.29, 1.82) is 0 Å². The number of hydrogen-bond donors (Lipinski definition) is 0. The van der Waals surface area contributed by atoms with Gasteiger partial charge >= 0.3 is 7.12 Å². The third-order valence-electron chi connectivity index (χ3n) is 4.64. The van der Waals surface area contributed by atoms with E-state index in [1.165, 1.54) is 0 Å². The molecule has 1 aromatic rings. The number of hydrogen-bond acceptors (Lipinski definition) is 5. The fourth-order valence-corrected chi connectivity index (χ4v) is 2.71. The summed E-state index contributed by atoms with van der Waals surface area (Å²) >= 11 is 0. The standard InChI is InChI=1S/C18H32BN3O2/c1-13(2)11-22(12-14(3)4)16-20-9-15(10-21-16)19-23-17(5,6)18(7,8)24-19/h9-10,13-14H,11-12H2,1-8H3. The highest BCUT2D eigenvalue weighted by Gasteiger charge is 2.51. The van der Waals surface area contributed by atoms with Crippen LogP contribution in [0.25, 0.3) is 0 Å². The smallest absolute Gasteiger partial charge is 0.399 e. The van der Waals surface area contributed by atoms with Gasteiger partial charge in [-0.1, -0.05) is 27.7 Å². The van der Waals surface area contributed by atoms with Crippen molar-refractivity contribution >= 4 is 18.5 Å². The van der Waals surface area contributed by atoms with E-state index in [0.29, 0.717) is 11.8 Å². The first-order valence-electron chi connectivity index (χ1n) is 8.94. The molecule has 0 amide bonds. The number of aromatic nitrogens is 2. The van der Waals surface area contributed by atoms with Crippen LogP contribution in [0.5, 0.6) is 0 Å². The zero-order valence-corrected chi connectivity index (χ0v) is 16.5. The maximum absolute atomic E-state index is 6.06. The average molecular weight is 333 g/mol. The van der Waals surface area contributed by atoms with Crippen molar-refractivity contribution in [1.82, 2.24) is 9.97 Å². The van der Waals surface area contributed by atoms with Gasteiger partial charge in [0.15, 0.2) is 0 Å². The molecule has 0 atom stereocenters. The minimum Gasteiger partial charge on any atom is -0.399 e. The molecule has 1 aliphatic heterocycles. The minimum atomic E-state index is -0.410. The van der Waals surface area contributed by atoms with Gasteiger partial charge in [-0.2, -0.15) is 0 Å². The maximum atomic E-state index is 6.06. The Hall–Kier alpha value is -1.14. The van der Waals surface area contributed by atoms with Crippen molar-refractivity contribution in [3.8, 4) is 0 Å². The quantitative estimate of drug-likeness (QED) is 0.749. The fraction of sp³-hybridized carbons (Fsp3) is 0.778. The zero-order valence-electron chi connectivity index (χ0n) is 16.5. The molecule has 1 aromatic heterocycles. The van der Waals surface area contributed by atoms with E-state index in [2.05, 4.69) is 70.3 Å². The molecule has 0 spiro atoms. The van der Waals surface area contributed by atoms with Gasteiger partial charge < -0.3 is 14.2 Å². The van der Waals surface area contributed by atoms with Crippen LogP contribution in [0, 0.1) is 11.8 Å². The second-order valence-corrected chi connectivity index (χ2v) is 8.60. The van der Waals surface area contributed by atoms with Crippen LogP contribution in [0.15, 0.2) is 12.4 Å². The van der Waals surface area contributed by atoms with Gasteiger partial charge in [-0.15, -0.1) is 0 Å². The fourth-order valence-electron chi connectivity index (χ4n) is 2.71. The largest absolute Gasteiger partial charge is 0.498 e. The van der Waals surface area contributed by atoms with E-state index < -0.39 is 7.12 Å². The molecule has 2 rings (SSSR count). The summed E-state index contributed by atoms with van der Waals surface area (Å²) in [4.78, 5) is 11.4. The van der Waals surface area contributed by atoms with Crippen LogP contribution in [0.2, 0.25) is 0 Å². The Morgan fingerprint density at radius 2 is 1.33 bits per heavy atom. The van der Waals surface area contributed by atoms with Gasteiger partial charge in [0, 0.05) is 30.9 Å². The maximum Gasteiger partial charge on any atom is 0.498 e. The van der Waals surface area contributed by atoms with Crippen LogP contribution in [-0.2, 0) is 9.31 Å². The summed E-state index contributed by atoms with van der Waals surface area (Å²) < 4.78 is 12.1. The highest BCUT2D eigenvalue weighted by atomic mass is 16.7. The second-order valence-electron chi connectivity index (χ2n) is 8.60. The van der Waals surface area contributed by atoms with E-state index in [9.17, 15) is 0 Å². The summed E-state index contributed by atoms with van der Waals surface area (Å²) in [5.74, 6) is 1.91. The van der Waals surface area contributed by atoms with Gasteiger partial charge in [-0.25, -0.2) is 9.97 Å². The Kier molecular flexibility index (Phi) is 5.60. The lowest BCUT2D eigenvalue weighted by Crippen LogP contribution is -2.41. The predicted molar refractivity (Wildman–Crippen MR) is 99.6 cm³/mol. The molecule has 1 aliphatic rings. The molecule has 6 heteroatoms. The molecule has 0 unspecified atom stereocenters. The Morgan fingerprint density at radius 3 is 1.71 bits per heavy atom. The van der Waals surface area contributed by atoms with Crippen LogP contribution < -0.4 is 10.4 Å². The van der Waals surface area contributed by atoms with Crippen molar-refractivity contribution in [2.45, 2.75) is 66.6 Å². The van der Waals surface area contributed by atoms with Gasteiger partial charge in [0.25, 0.3) is 0 Å². The highest BCUT2D eigenvalue weighted by Crippen LogP contribution is 2.36. The molecule has 0 bridgehead atoms. The summed E-state index contributed by atoms with van der Waals surface area (Å²) in [6, 6.07) is 0. The van der Waals surface area contributed by atoms with E-state index >= 15 is 0 Å². The molecule has 5 nitrogen and oxygen atoms in total. The Labute approximate surface area is 147 Å². The first kappa shape index (κ1) is 19.2. The van der Waals surface area contributed by atoms with Crippen LogP contribution in [-0.4, -0.2) is 41.4 Å². The van der Waals surface area contributed by atoms with Crippen LogP contribution in [0.3, 0.4) is 0 Å². The third kappa shape index (κ3) is 4.28. The van der Waals surface area contributed by atoms with Gasteiger partial charge in [0.1, 0.15) is 0 Å². The van der Waals surface area contributed by atoms with E-state index in [4.69, 9.17) is 9.31 Å². The van der Waals surface area contributed by atoms with E-state index in [1.54, 1.807) is 0 Å². The van der Waals surface area contributed by atoms with Crippen molar-refractivity contribution in [3.63, 3.8) is 0 Å². The summed E-state index contributed by atoms with van der Waals surface area (Å²) in [5, 5.41) is 0. The molecule has 0 radical (unpaired) electrons. The molecule has 24 heavy (non-hydrogen) atoms. The summed E-state index contributed by atoms with van der Waals surface area (Å²) in [6.07, 6.45) is 3.66. The Morgan fingerprint density at radius 1 is 0.917 bits per heavy atom. The normalized spacial score (nSPS) is 19.3.